The summed E-state index contributed by atoms with van der Waals surface area (Å²) in [5.74, 6) is 0.0685. The number of alkyl halides is 1. The molecule has 2 nitrogen and oxygen atoms in total. The van der Waals surface area contributed by atoms with Crippen LogP contribution in [-0.4, -0.2) is 10.6 Å². The van der Waals surface area contributed by atoms with Gasteiger partial charge in [-0.15, -0.1) is 0 Å². The number of Topliss-reactive ketones (excluding diaryl/α,β-unsaturated/α-hetero) is 1. The Labute approximate surface area is 105 Å². The predicted molar refractivity (Wildman–Crippen MR) is 69.3 cm³/mol. The summed E-state index contributed by atoms with van der Waals surface area (Å²) < 4.78 is 0. The summed E-state index contributed by atoms with van der Waals surface area (Å²) in [7, 11) is 0. The smallest absolute Gasteiger partial charge is 0.187 e. The van der Waals surface area contributed by atoms with Gasteiger partial charge >= 0.3 is 0 Å². The second-order valence-electron chi connectivity index (χ2n) is 3.64. The van der Waals surface area contributed by atoms with Crippen molar-refractivity contribution in [1.82, 2.24) is 0 Å². The molecule has 0 radical (unpaired) electrons. The van der Waals surface area contributed by atoms with Crippen molar-refractivity contribution in [3.8, 4) is 0 Å². The molecule has 1 aromatic carbocycles. The van der Waals surface area contributed by atoms with Crippen molar-refractivity contribution in [3.05, 3.63) is 41.2 Å². The summed E-state index contributed by atoms with van der Waals surface area (Å²) in [5.41, 5.74) is 1.13. The van der Waals surface area contributed by atoms with Crippen LogP contribution in [0, 0.1) is 6.57 Å². The quantitative estimate of drug-likeness (QED) is 0.445. The lowest BCUT2D eigenvalue weighted by molar-refractivity contribution is 0.0988. The second kappa shape index (κ2) is 6.44. The van der Waals surface area contributed by atoms with Gasteiger partial charge in [0.25, 0.3) is 0 Å². The van der Waals surface area contributed by atoms with Gasteiger partial charge in [-0.1, -0.05) is 53.9 Å². The molecule has 1 unspecified atom stereocenters. The van der Waals surface area contributed by atoms with Crippen LogP contribution < -0.4 is 0 Å². The van der Waals surface area contributed by atoms with Gasteiger partial charge in [-0.25, -0.2) is 4.85 Å². The maximum atomic E-state index is 12.0. The molecule has 16 heavy (non-hydrogen) atoms. The molecule has 0 fully saturated rings. The normalized spacial score (nSPS) is 11.8. The lowest BCUT2D eigenvalue weighted by Gasteiger charge is -2.08. The van der Waals surface area contributed by atoms with E-state index in [0.717, 1.165) is 19.3 Å². The van der Waals surface area contributed by atoms with Crippen LogP contribution in [0.2, 0.25) is 0 Å². The van der Waals surface area contributed by atoms with E-state index in [1.54, 1.807) is 24.3 Å². The Hall–Kier alpha value is -1.14. The molecule has 1 aromatic rings. The second-order valence-corrected chi connectivity index (χ2v) is 4.74. The lowest BCUT2D eigenvalue weighted by Crippen LogP contribution is -2.13. The van der Waals surface area contributed by atoms with Crippen molar-refractivity contribution < 1.29 is 4.79 Å². The molecule has 84 valence electrons. The van der Waals surface area contributed by atoms with Crippen LogP contribution in [0.25, 0.3) is 4.85 Å². The van der Waals surface area contributed by atoms with E-state index in [4.69, 9.17) is 6.57 Å². The molecule has 0 spiro atoms. The molecule has 0 N–H and O–H groups in total. The maximum Gasteiger partial charge on any atom is 0.187 e. The molecule has 0 heterocycles. The summed E-state index contributed by atoms with van der Waals surface area (Å²) in [5, 5.41) is 0. The van der Waals surface area contributed by atoms with Crippen LogP contribution >= 0.6 is 15.9 Å². The van der Waals surface area contributed by atoms with Gasteiger partial charge in [-0.2, -0.15) is 0 Å². The molecular weight excluding hydrogens is 266 g/mol. The first-order chi connectivity index (χ1) is 7.69. The number of carbonyl (C=O) groups excluding carboxylic acids is 1. The molecule has 0 amide bonds. The van der Waals surface area contributed by atoms with Crippen molar-refractivity contribution in [1.29, 1.82) is 0 Å². The number of halogens is 1. The highest BCUT2D eigenvalue weighted by molar-refractivity contribution is 9.10. The van der Waals surface area contributed by atoms with Crippen molar-refractivity contribution in [2.24, 2.45) is 0 Å². The number of unbranched alkanes of at least 4 members (excludes halogenated alkanes) is 1. The van der Waals surface area contributed by atoms with Gasteiger partial charge in [0.2, 0.25) is 0 Å². The first-order valence-corrected chi connectivity index (χ1v) is 6.26. The van der Waals surface area contributed by atoms with E-state index in [0.29, 0.717) is 11.3 Å². The van der Waals surface area contributed by atoms with Gasteiger partial charge in [-0.3, -0.25) is 4.79 Å². The third-order valence-corrected chi connectivity index (χ3v) is 3.23. The fraction of sp³-hybridized carbons (Fsp3) is 0.385. The number of hydrogen-bond donors (Lipinski definition) is 0. The van der Waals surface area contributed by atoms with Crippen LogP contribution in [0.3, 0.4) is 0 Å². The molecule has 3 heteroatoms. The van der Waals surface area contributed by atoms with E-state index in [1.807, 2.05) is 0 Å². The molecule has 0 saturated heterocycles. The summed E-state index contributed by atoms with van der Waals surface area (Å²) in [6, 6.07) is 6.87. The Morgan fingerprint density at radius 1 is 1.56 bits per heavy atom. The number of nitrogens with zero attached hydrogens (tertiary/aromatic N) is 1. The molecule has 0 aliphatic heterocycles. The Bertz CT molecular complexity index is 409. The average Bonchev–Trinajstić information content (AvgIpc) is 2.35. The molecule has 0 aromatic heterocycles. The zero-order valence-electron chi connectivity index (χ0n) is 9.24. The molecule has 0 saturated carbocycles. The van der Waals surface area contributed by atoms with Crippen LogP contribution in [0.15, 0.2) is 24.3 Å². The molecule has 1 rings (SSSR count). The minimum absolute atomic E-state index is 0.0685. The zero-order chi connectivity index (χ0) is 12.0. The highest BCUT2D eigenvalue weighted by Gasteiger charge is 2.16. The molecular formula is C13H14BrNO. The Morgan fingerprint density at radius 2 is 2.31 bits per heavy atom. The number of hydrogen-bond acceptors (Lipinski definition) is 1. The topological polar surface area (TPSA) is 21.4 Å². The van der Waals surface area contributed by atoms with Gasteiger partial charge in [0.15, 0.2) is 11.5 Å². The summed E-state index contributed by atoms with van der Waals surface area (Å²) in [4.78, 5) is 15.2. The van der Waals surface area contributed by atoms with Gasteiger partial charge < -0.3 is 0 Å². The fourth-order valence-electron chi connectivity index (χ4n) is 1.42. The van der Waals surface area contributed by atoms with E-state index in [1.165, 1.54) is 0 Å². The Kier molecular flexibility index (Phi) is 5.21. The van der Waals surface area contributed by atoms with E-state index >= 15 is 0 Å². The third-order valence-electron chi connectivity index (χ3n) is 2.36. The Balaban J connectivity index is 2.76. The first kappa shape index (κ1) is 12.9. The number of benzene rings is 1. The highest BCUT2D eigenvalue weighted by atomic mass is 79.9. The molecule has 1 atom stereocenters. The van der Waals surface area contributed by atoms with Gasteiger partial charge in [0.05, 0.1) is 11.4 Å². The standard InChI is InChI=1S/C13H14BrNO/c1-3-4-8-12(14)13(16)10-6-5-7-11(9-10)15-2/h5-7,9,12H,3-4,8H2,1H3. The van der Waals surface area contributed by atoms with Crippen molar-refractivity contribution in [2.45, 2.75) is 31.0 Å². The largest absolute Gasteiger partial charge is 0.293 e. The van der Waals surface area contributed by atoms with E-state index in [-0.39, 0.29) is 10.6 Å². The Morgan fingerprint density at radius 3 is 2.94 bits per heavy atom. The summed E-state index contributed by atoms with van der Waals surface area (Å²) in [6.07, 6.45) is 2.96. The predicted octanol–water partition coefficient (Wildman–Crippen LogP) is 4.37. The molecule has 0 bridgehead atoms. The third kappa shape index (κ3) is 3.46. The van der Waals surface area contributed by atoms with Crippen LogP contribution in [-0.2, 0) is 0 Å². The van der Waals surface area contributed by atoms with Gasteiger partial charge in [0, 0.05) is 5.56 Å². The zero-order valence-corrected chi connectivity index (χ0v) is 10.8. The van der Waals surface area contributed by atoms with Gasteiger partial charge in [-0.05, 0) is 12.5 Å². The lowest BCUT2D eigenvalue weighted by atomic mass is 10.0. The first-order valence-electron chi connectivity index (χ1n) is 5.34. The van der Waals surface area contributed by atoms with Crippen LogP contribution in [0.5, 0.6) is 0 Å². The van der Waals surface area contributed by atoms with Crippen molar-refractivity contribution in [3.63, 3.8) is 0 Å². The fourth-order valence-corrected chi connectivity index (χ4v) is 2.01. The number of ketones is 1. The van der Waals surface area contributed by atoms with Crippen LogP contribution in [0.1, 0.15) is 36.5 Å². The number of rotatable bonds is 5. The highest BCUT2D eigenvalue weighted by Crippen LogP contribution is 2.20. The molecule has 0 aliphatic carbocycles. The van der Waals surface area contributed by atoms with Gasteiger partial charge in [0.1, 0.15) is 0 Å². The van der Waals surface area contributed by atoms with E-state index in [2.05, 4.69) is 27.7 Å². The van der Waals surface area contributed by atoms with Crippen molar-refractivity contribution >= 4 is 27.4 Å². The average molecular weight is 280 g/mol. The van der Waals surface area contributed by atoms with E-state index in [9.17, 15) is 4.79 Å². The van der Waals surface area contributed by atoms with E-state index < -0.39 is 0 Å². The maximum absolute atomic E-state index is 12.0. The summed E-state index contributed by atoms with van der Waals surface area (Å²) >= 11 is 3.40. The minimum atomic E-state index is -0.131. The van der Waals surface area contributed by atoms with Crippen molar-refractivity contribution in [2.75, 3.05) is 0 Å². The SMILES string of the molecule is [C-]#[N+]c1cccc(C(=O)C(Br)CCCC)c1. The number of carbonyl (C=O) groups is 1. The molecule has 0 aliphatic rings. The monoisotopic (exact) mass is 279 g/mol. The minimum Gasteiger partial charge on any atom is -0.293 e. The van der Waals surface area contributed by atoms with Crippen LogP contribution in [0.4, 0.5) is 5.69 Å². The summed E-state index contributed by atoms with van der Waals surface area (Å²) in [6.45, 7) is 9.00.